The van der Waals surface area contributed by atoms with Crippen molar-refractivity contribution in [2.24, 2.45) is 5.92 Å². The lowest BCUT2D eigenvalue weighted by atomic mass is 9.96. The summed E-state index contributed by atoms with van der Waals surface area (Å²) in [6.45, 7) is 9.81. The van der Waals surface area contributed by atoms with Crippen LogP contribution in [0.25, 0.3) is 0 Å². The molecule has 0 bridgehead atoms. The monoisotopic (exact) mass is 263 g/mol. The van der Waals surface area contributed by atoms with Crippen LogP contribution in [-0.2, 0) is 11.2 Å². The van der Waals surface area contributed by atoms with Crippen LogP contribution in [0, 0.1) is 5.92 Å². The van der Waals surface area contributed by atoms with Gasteiger partial charge in [0.2, 0.25) is 0 Å². The predicted molar refractivity (Wildman–Crippen MR) is 78.1 cm³/mol. The van der Waals surface area contributed by atoms with Crippen molar-refractivity contribution in [3.8, 4) is 0 Å². The number of nitrogens with one attached hydrogen (secondary N) is 1. The zero-order valence-corrected chi connectivity index (χ0v) is 12.6. The van der Waals surface area contributed by atoms with Crippen LogP contribution in [0.15, 0.2) is 30.3 Å². The first-order valence-corrected chi connectivity index (χ1v) is 6.81. The van der Waals surface area contributed by atoms with E-state index >= 15 is 0 Å². The summed E-state index contributed by atoms with van der Waals surface area (Å²) in [5.41, 5.74) is 0.760. The van der Waals surface area contributed by atoms with Gasteiger partial charge in [-0.2, -0.15) is 0 Å². The van der Waals surface area contributed by atoms with Crippen LogP contribution in [0.2, 0.25) is 0 Å². The summed E-state index contributed by atoms with van der Waals surface area (Å²) in [7, 11) is 0. The maximum absolute atomic E-state index is 11.8. The molecular formula is C16H25NO2. The van der Waals surface area contributed by atoms with Crippen molar-refractivity contribution in [3.05, 3.63) is 35.9 Å². The Bertz CT molecular complexity index is 393. The molecule has 0 saturated heterocycles. The van der Waals surface area contributed by atoms with Gasteiger partial charge in [-0.15, -0.1) is 0 Å². The van der Waals surface area contributed by atoms with E-state index in [0.29, 0.717) is 5.92 Å². The fourth-order valence-electron chi connectivity index (χ4n) is 1.78. The van der Waals surface area contributed by atoms with Crippen LogP contribution in [0.1, 0.15) is 40.2 Å². The number of benzene rings is 1. The highest BCUT2D eigenvalue weighted by Crippen LogP contribution is 2.12. The van der Waals surface area contributed by atoms with Crippen LogP contribution in [-0.4, -0.2) is 17.7 Å². The molecule has 0 heterocycles. The fourth-order valence-corrected chi connectivity index (χ4v) is 1.78. The molecular weight excluding hydrogens is 238 g/mol. The van der Waals surface area contributed by atoms with Gasteiger partial charge in [0, 0.05) is 6.04 Å². The Hall–Kier alpha value is -1.51. The highest BCUT2D eigenvalue weighted by Gasteiger charge is 2.21. The predicted octanol–water partition coefficient (Wildman–Crippen LogP) is 3.78. The zero-order valence-electron chi connectivity index (χ0n) is 12.6. The molecule has 0 aromatic heterocycles. The average molecular weight is 263 g/mol. The van der Waals surface area contributed by atoms with E-state index in [0.717, 1.165) is 6.42 Å². The topological polar surface area (TPSA) is 38.3 Å². The Kier molecular flexibility index (Phi) is 5.40. The molecule has 1 atom stereocenters. The molecule has 1 rings (SSSR count). The summed E-state index contributed by atoms with van der Waals surface area (Å²) in [6.07, 6.45) is 0.472. The molecule has 1 amide bonds. The minimum atomic E-state index is -0.460. The second kappa shape index (κ2) is 6.60. The highest BCUT2D eigenvalue weighted by molar-refractivity contribution is 5.68. The lowest BCUT2D eigenvalue weighted by Crippen LogP contribution is -2.42. The summed E-state index contributed by atoms with van der Waals surface area (Å²) in [6, 6.07) is 10.3. The molecule has 1 unspecified atom stereocenters. The Morgan fingerprint density at radius 3 is 2.26 bits per heavy atom. The summed E-state index contributed by atoms with van der Waals surface area (Å²) in [5, 5.41) is 2.96. The third kappa shape index (κ3) is 6.27. The second-order valence-electron chi connectivity index (χ2n) is 6.19. The number of rotatable bonds is 4. The third-order valence-electron chi connectivity index (χ3n) is 2.81. The van der Waals surface area contributed by atoms with Gasteiger partial charge in [-0.25, -0.2) is 4.79 Å². The third-order valence-corrected chi connectivity index (χ3v) is 2.81. The molecule has 3 nitrogen and oxygen atoms in total. The number of carbonyl (C=O) groups excluding carboxylic acids is 1. The van der Waals surface area contributed by atoms with Crippen molar-refractivity contribution in [2.45, 2.75) is 52.7 Å². The van der Waals surface area contributed by atoms with Crippen LogP contribution in [0.5, 0.6) is 0 Å². The summed E-state index contributed by atoms with van der Waals surface area (Å²) < 4.78 is 5.31. The van der Waals surface area contributed by atoms with Crippen LogP contribution >= 0.6 is 0 Å². The first-order chi connectivity index (χ1) is 8.78. The number of amides is 1. The van der Waals surface area contributed by atoms with Crippen molar-refractivity contribution < 1.29 is 9.53 Å². The molecule has 0 fully saturated rings. The van der Waals surface area contributed by atoms with E-state index in [1.165, 1.54) is 5.56 Å². The lowest BCUT2D eigenvalue weighted by Gasteiger charge is -2.26. The zero-order chi connectivity index (χ0) is 14.5. The van der Waals surface area contributed by atoms with Crippen molar-refractivity contribution >= 4 is 6.09 Å². The normalized spacial score (nSPS) is 13.2. The molecule has 0 radical (unpaired) electrons. The molecule has 19 heavy (non-hydrogen) atoms. The van der Waals surface area contributed by atoms with Crippen LogP contribution in [0.4, 0.5) is 4.79 Å². The average Bonchev–Trinajstić information content (AvgIpc) is 2.26. The lowest BCUT2D eigenvalue weighted by molar-refractivity contribution is 0.0490. The minimum Gasteiger partial charge on any atom is -0.444 e. The Balaban J connectivity index is 2.61. The van der Waals surface area contributed by atoms with Gasteiger partial charge in [0.25, 0.3) is 0 Å². The highest BCUT2D eigenvalue weighted by atomic mass is 16.6. The Labute approximate surface area is 116 Å². The first kappa shape index (κ1) is 15.5. The molecule has 0 aliphatic rings. The second-order valence-corrected chi connectivity index (χ2v) is 6.19. The van der Waals surface area contributed by atoms with E-state index in [1.54, 1.807) is 0 Å². The molecule has 106 valence electrons. The van der Waals surface area contributed by atoms with Crippen molar-refractivity contribution in [1.82, 2.24) is 5.32 Å². The van der Waals surface area contributed by atoms with Gasteiger partial charge in [0.15, 0.2) is 0 Å². The van der Waals surface area contributed by atoms with Gasteiger partial charge in [-0.3, -0.25) is 0 Å². The number of carbonyl (C=O) groups is 1. The maximum Gasteiger partial charge on any atom is 0.407 e. The van der Waals surface area contributed by atoms with Gasteiger partial charge in [0.1, 0.15) is 5.60 Å². The summed E-state index contributed by atoms with van der Waals surface area (Å²) in [4.78, 5) is 11.8. The van der Waals surface area contributed by atoms with Crippen LogP contribution in [0.3, 0.4) is 0 Å². The van der Waals surface area contributed by atoms with Crippen LogP contribution < -0.4 is 5.32 Å². The summed E-state index contributed by atoms with van der Waals surface area (Å²) in [5.74, 6) is 0.354. The standard InChI is InChI=1S/C16H25NO2/c1-12(2)14(11-13-9-7-6-8-10-13)17-15(18)19-16(3,4)5/h6-10,12,14H,11H2,1-5H3,(H,17,18). The Morgan fingerprint density at radius 1 is 1.21 bits per heavy atom. The summed E-state index contributed by atoms with van der Waals surface area (Å²) >= 11 is 0. The van der Waals surface area contributed by atoms with Gasteiger partial charge in [-0.1, -0.05) is 44.2 Å². The molecule has 0 aliphatic heterocycles. The number of hydrogen-bond acceptors (Lipinski definition) is 2. The molecule has 3 heteroatoms. The smallest absolute Gasteiger partial charge is 0.407 e. The van der Waals surface area contributed by atoms with E-state index < -0.39 is 5.60 Å². The van der Waals surface area contributed by atoms with Crippen molar-refractivity contribution in [1.29, 1.82) is 0 Å². The largest absolute Gasteiger partial charge is 0.444 e. The molecule has 1 aromatic carbocycles. The van der Waals surface area contributed by atoms with Gasteiger partial charge in [-0.05, 0) is 38.7 Å². The SMILES string of the molecule is CC(C)C(Cc1ccccc1)NC(=O)OC(C)(C)C. The van der Waals surface area contributed by atoms with E-state index in [1.807, 2.05) is 39.0 Å². The Morgan fingerprint density at radius 2 is 1.79 bits per heavy atom. The van der Waals surface area contributed by atoms with Gasteiger partial charge >= 0.3 is 6.09 Å². The number of ether oxygens (including phenoxy) is 1. The number of alkyl carbamates (subject to hydrolysis) is 1. The van der Waals surface area contributed by atoms with Gasteiger partial charge in [0.05, 0.1) is 0 Å². The fraction of sp³-hybridized carbons (Fsp3) is 0.562. The maximum atomic E-state index is 11.8. The molecule has 0 aliphatic carbocycles. The minimum absolute atomic E-state index is 0.0808. The van der Waals surface area contributed by atoms with E-state index in [9.17, 15) is 4.79 Å². The van der Waals surface area contributed by atoms with Crippen molar-refractivity contribution in [2.75, 3.05) is 0 Å². The van der Waals surface area contributed by atoms with Crippen molar-refractivity contribution in [3.63, 3.8) is 0 Å². The number of hydrogen-bond donors (Lipinski definition) is 1. The van der Waals surface area contributed by atoms with E-state index in [2.05, 4.69) is 31.3 Å². The van der Waals surface area contributed by atoms with Gasteiger partial charge < -0.3 is 10.1 Å². The molecule has 0 spiro atoms. The quantitative estimate of drug-likeness (QED) is 0.897. The molecule has 1 N–H and O–H groups in total. The van der Waals surface area contributed by atoms with E-state index in [-0.39, 0.29) is 12.1 Å². The molecule has 1 aromatic rings. The molecule has 0 saturated carbocycles. The van der Waals surface area contributed by atoms with E-state index in [4.69, 9.17) is 4.74 Å². The first-order valence-electron chi connectivity index (χ1n) is 6.81.